The van der Waals surface area contributed by atoms with Gasteiger partial charge in [-0.05, 0) is 96.3 Å². The topological polar surface area (TPSA) is 175 Å². The number of amides is 1. The van der Waals surface area contributed by atoms with Crippen LogP contribution >= 0.6 is 0 Å². The predicted octanol–water partition coefficient (Wildman–Crippen LogP) is 14.8. The van der Waals surface area contributed by atoms with Crippen LogP contribution in [0.25, 0.3) is 0 Å². The summed E-state index contributed by atoms with van der Waals surface area (Å²) in [5, 5.41) is 56.9. The Bertz CT molecular complexity index is 1790. The maximum Gasteiger partial charge on any atom is 0.306 e. The van der Waals surface area contributed by atoms with Crippen molar-refractivity contribution < 1.29 is 49.3 Å². The number of rotatable bonds is 50. The second-order valence-corrected chi connectivity index (χ2v) is 20.8. The van der Waals surface area contributed by atoms with Crippen molar-refractivity contribution in [3.05, 3.63) is 134 Å². The number of allylic oxidation sites excluding steroid dienone is 21. The van der Waals surface area contributed by atoms with E-state index in [0.717, 1.165) is 135 Å². The summed E-state index contributed by atoms with van der Waals surface area (Å²) in [7, 11) is 0. The summed E-state index contributed by atoms with van der Waals surface area (Å²) in [6.07, 6.45) is 66.3. The number of ether oxygens (including phenoxy) is 3. The SMILES string of the molecule is CC/C=C\C/C=C\C/C=C\C/C=C\C/C=C\C/C=C\CCCCCCCC(O)C(=O)NC(COC1OC(CO)C(O)C(O)C1OC(=O)CCCCCCC\C=C/C=C/C=C/C=C/CC)C(O)/C=C/CCCCCCCCCCC. The molecule has 1 saturated heterocycles. The third kappa shape index (κ3) is 42.3. The molecular weight excluding hydrogens is 991 g/mol. The van der Waals surface area contributed by atoms with Gasteiger partial charge in [-0.1, -0.05) is 251 Å². The highest BCUT2D eigenvalue weighted by Gasteiger charge is 2.47. The zero-order valence-electron chi connectivity index (χ0n) is 49.4. The van der Waals surface area contributed by atoms with Crippen molar-refractivity contribution in [2.24, 2.45) is 0 Å². The molecule has 8 unspecified atom stereocenters. The third-order valence-electron chi connectivity index (χ3n) is 13.6. The largest absolute Gasteiger partial charge is 0.454 e. The fourth-order valence-electron chi connectivity index (χ4n) is 8.78. The van der Waals surface area contributed by atoms with Gasteiger partial charge in [0.25, 0.3) is 0 Å². The third-order valence-corrected chi connectivity index (χ3v) is 13.6. The van der Waals surface area contributed by atoms with Crippen molar-refractivity contribution in [3.63, 3.8) is 0 Å². The Balaban J connectivity index is 2.68. The monoisotopic (exact) mass is 1100 g/mol. The summed E-state index contributed by atoms with van der Waals surface area (Å²) >= 11 is 0. The van der Waals surface area contributed by atoms with Gasteiger partial charge < -0.3 is 45.1 Å². The molecule has 1 heterocycles. The number of unbranched alkanes of at least 4 members (excludes halogenated alkanes) is 19. The average Bonchev–Trinajstić information content (AvgIpc) is 3.44. The van der Waals surface area contributed by atoms with Crippen LogP contribution < -0.4 is 5.32 Å². The lowest BCUT2D eigenvalue weighted by molar-refractivity contribution is -0.305. The van der Waals surface area contributed by atoms with E-state index in [1.165, 1.54) is 38.5 Å². The van der Waals surface area contributed by atoms with Crippen LogP contribution in [-0.2, 0) is 23.8 Å². The summed E-state index contributed by atoms with van der Waals surface area (Å²) < 4.78 is 17.6. The first-order valence-corrected chi connectivity index (χ1v) is 31.0. The van der Waals surface area contributed by atoms with Crippen LogP contribution in [0.3, 0.4) is 0 Å². The molecule has 79 heavy (non-hydrogen) atoms. The number of carbonyl (C=O) groups excluding carboxylic acids is 2. The lowest BCUT2D eigenvalue weighted by atomic mass is 9.99. The van der Waals surface area contributed by atoms with Crippen LogP contribution in [0.1, 0.15) is 220 Å². The summed E-state index contributed by atoms with van der Waals surface area (Å²) in [6.45, 7) is 5.48. The molecule has 0 bridgehead atoms. The van der Waals surface area contributed by atoms with E-state index in [4.69, 9.17) is 14.2 Å². The van der Waals surface area contributed by atoms with Gasteiger partial charge in [-0.25, -0.2) is 0 Å². The van der Waals surface area contributed by atoms with E-state index in [0.29, 0.717) is 12.8 Å². The molecule has 1 aliphatic rings. The molecule has 0 aromatic rings. The zero-order valence-corrected chi connectivity index (χ0v) is 49.4. The van der Waals surface area contributed by atoms with Crippen LogP contribution in [-0.4, -0.2) is 99.6 Å². The van der Waals surface area contributed by atoms with Crippen molar-refractivity contribution in [1.29, 1.82) is 0 Å². The molecule has 1 amide bonds. The number of nitrogens with one attached hydrogen (secondary N) is 1. The first-order chi connectivity index (χ1) is 38.7. The highest BCUT2D eigenvalue weighted by Crippen LogP contribution is 2.26. The molecule has 448 valence electrons. The van der Waals surface area contributed by atoms with E-state index >= 15 is 0 Å². The normalized spacial score (nSPS) is 19.8. The Hall–Kier alpha value is -4.20. The van der Waals surface area contributed by atoms with Crippen LogP contribution in [0.5, 0.6) is 0 Å². The summed E-state index contributed by atoms with van der Waals surface area (Å²) in [6, 6.07) is -1.05. The Morgan fingerprint density at radius 1 is 0.519 bits per heavy atom. The number of carbonyl (C=O) groups is 2. The number of aliphatic hydroxyl groups is 5. The number of aliphatic hydroxyl groups excluding tert-OH is 5. The zero-order chi connectivity index (χ0) is 57.5. The van der Waals surface area contributed by atoms with Crippen LogP contribution in [0.2, 0.25) is 0 Å². The molecule has 0 aliphatic carbocycles. The predicted molar refractivity (Wildman–Crippen MR) is 328 cm³/mol. The Morgan fingerprint density at radius 3 is 1.52 bits per heavy atom. The van der Waals surface area contributed by atoms with Gasteiger partial charge in [-0.2, -0.15) is 0 Å². The quantitative estimate of drug-likeness (QED) is 0.0149. The first-order valence-electron chi connectivity index (χ1n) is 31.0. The average molecular weight is 1100 g/mol. The molecule has 0 radical (unpaired) electrons. The molecular formula is C68H111NO10. The van der Waals surface area contributed by atoms with E-state index in [9.17, 15) is 35.1 Å². The number of hydrogen-bond donors (Lipinski definition) is 6. The first kappa shape index (κ1) is 72.8. The molecule has 1 rings (SSSR count). The van der Waals surface area contributed by atoms with Gasteiger partial charge in [0.2, 0.25) is 5.91 Å². The van der Waals surface area contributed by atoms with Crippen molar-refractivity contribution >= 4 is 11.9 Å². The minimum atomic E-state index is -1.63. The van der Waals surface area contributed by atoms with Gasteiger partial charge in [-0.3, -0.25) is 9.59 Å². The van der Waals surface area contributed by atoms with Crippen molar-refractivity contribution in [3.8, 4) is 0 Å². The maximum absolute atomic E-state index is 13.4. The molecule has 0 saturated carbocycles. The lowest BCUT2D eigenvalue weighted by Crippen LogP contribution is -2.61. The summed E-state index contributed by atoms with van der Waals surface area (Å²) in [5.41, 5.74) is 0. The van der Waals surface area contributed by atoms with Crippen LogP contribution in [0, 0.1) is 0 Å². The molecule has 6 N–H and O–H groups in total. The van der Waals surface area contributed by atoms with Crippen molar-refractivity contribution in [1.82, 2.24) is 5.32 Å². The van der Waals surface area contributed by atoms with Crippen molar-refractivity contribution in [2.75, 3.05) is 13.2 Å². The molecule has 0 aromatic heterocycles. The Kier molecular flexibility index (Phi) is 50.1. The molecule has 0 aromatic carbocycles. The second kappa shape index (κ2) is 54.4. The van der Waals surface area contributed by atoms with E-state index in [1.807, 2.05) is 42.5 Å². The van der Waals surface area contributed by atoms with Gasteiger partial charge in [-0.15, -0.1) is 0 Å². The van der Waals surface area contributed by atoms with E-state index < -0.39 is 67.4 Å². The number of esters is 1. The highest BCUT2D eigenvalue weighted by atomic mass is 16.7. The molecule has 8 atom stereocenters. The number of hydrogen-bond acceptors (Lipinski definition) is 10. The fraction of sp³-hybridized carbons (Fsp3) is 0.647. The minimum Gasteiger partial charge on any atom is -0.454 e. The Labute approximate surface area is 480 Å². The molecule has 1 aliphatic heterocycles. The lowest BCUT2D eigenvalue weighted by Gasteiger charge is -2.41. The standard InChI is InChI=1S/C68H111NO10/c1-4-7-10-13-16-19-22-24-26-27-28-29-30-31-32-33-34-36-37-40-43-46-49-52-55-61(72)67(76)69-59(60(71)54-51-48-45-42-39-21-18-15-12-9-6-3)58-77-68-66(65(75)64(74)62(57-70)78-68)79-63(73)56-53-50-47-44-41-38-35-25-23-20-17-14-11-8-5-2/h7-8,10-11,14,16-17,19-20,23-26,28-29,31-32,34-36,51,54,59-62,64-66,68,70-72,74-75H,4-6,9,12-13,15,18,21-22,27,30,33,37-50,52-53,55-58H2,1-3H3,(H,69,76)/b10-7-,11-8+,17-14+,19-16-,23-20+,26-24-,29-28-,32-31-,35-25-,36-34-,54-51+. The van der Waals surface area contributed by atoms with Gasteiger partial charge in [0.05, 0.1) is 25.4 Å². The second-order valence-electron chi connectivity index (χ2n) is 20.8. The van der Waals surface area contributed by atoms with E-state index in [2.05, 4.69) is 111 Å². The molecule has 1 fully saturated rings. The van der Waals surface area contributed by atoms with Crippen molar-refractivity contribution in [2.45, 2.75) is 269 Å². The Morgan fingerprint density at radius 2 is 0.975 bits per heavy atom. The van der Waals surface area contributed by atoms with Gasteiger partial charge in [0.1, 0.15) is 24.4 Å². The summed E-state index contributed by atoms with van der Waals surface area (Å²) in [4.78, 5) is 26.5. The maximum atomic E-state index is 13.4. The highest BCUT2D eigenvalue weighted by molar-refractivity contribution is 5.80. The van der Waals surface area contributed by atoms with E-state index in [-0.39, 0.29) is 19.4 Å². The van der Waals surface area contributed by atoms with Crippen LogP contribution in [0.15, 0.2) is 134 Å². The van der Waals surface area contributed by atoms with Gasteiger partial charge >= 0.3 is 5.97 Å². The minimum absolute atomic E-state index is 0.0878. The molecule has 0 spiro atoms. The van der Waals surface area contributed by atoms with Crippen LogP contribution in [0.4, 0.5) is 0 Å². The van der Waals surface area contributed by atoms with E-state index in [1.54, 1.807) is 6.08 Å². The molecule has 11 heteroatoms. The summed E-state index contributed by atoms with van der Waals surface area (Å²) in [5.74, 6) is -1.25. The van der Waals surface area contributed by atoms with Gasteiger partial charge in [0, 0.05) is 6.42 Å². The van der Waals surface area contributed by atoms with Gasteiger partial charge in [0.15, 0.2) is 12.4 Å². The fourth-order valence-corrected chi connectivity index (χ4v) is 8.78. The molecule has 11 nitrogen and oxygen atoms in total. The smallest absolute Gasteiger partial charge is 0.306 e.